The summed E-state index contributed by atoms with van der Waals surface area (Å²) in [5, 5.41) is 12.2. The molecule has 364 valence electrons. The summed E-state index contributed by atoms with van der Waals surface area (Å²) in [7, 11) is 0. The van der Waals surface area contributed by atoms with Gasteiger partial charge in [-0.25, -0.2) is 0 Å². The minimum atomic E-state index is 1.08. The van der Waals surface area contributed by atoms with Crippen LogP contribution in [0.3, 0.4) is 0 Å². The minimum Gasteiger partial charge on any atom is -0.310 e. The first-order valence-electron chi connectivity index (χ1n) is 26.9. The lowest BCUT2D eigenvalue weighted by Crippen LogP contribution is -2.11. The van der Waals surface area contributed by atoms with E-state index in [1.807, 2.05) is 0 Å². The van der Waals surface area contributed by atoms with Gasteiger partial charge < -0.3 is 9.30 Å². The largest absolute Gasteiger partial charge is 0.310 e. The Morgan fingerprint density at radius 1 is 0.218 bits per heavy atom. The highest BCUT2D eigenvalue weighted by molar-refractivity contribution is 6.25. The maximum Gasteiger partial charge on any atom is 0.0619 e. The predicted molar refractivity (Wildman–Crippen MR) is 333 cm³/mol. The van der Waals surface area contributed by atoms with E-state index in [2.05, 4.69) is 313 Å². The van der Waals surface area contributed by atoms with Gasteiger partial charge in [0, 0.05) is 38.5 Å². The second-order valence-corrected chi connectivity index (χ2v) is 20.4. The molecule has 0 saturated carbocycles. The van der Waals surface area contributed by atoms with Gasteiger partial charge in [0.1, 0.15) is 0 Å². The Balaban J connectivity index is 0.864. The summed E-state index contributed by atoms with van der Waals surface area (Å²) in [4.78, 5) is 2.42. The van der Waals surface area contributed by atoms with E-state index in [-0.39, 0.29) is 0 Å². The molecule has 0 aliphatic rings. The summed E-state index contributed by atoms with van der Waals surface area (Å²) in [6.45, 7) is 0. The molecule has 0 amide bonds. The molecular formula is C76H50N2. The van der Waals surface area contributed by atoms with Crippen LogP contribution in [0, 0.1) is 0 Å². The molecule has 2 heterocycles. The van der Waals surface area contributed by atoms with Gasteiger partial charge in [-0.1, -0.05) is 249 Å². The smallest absolute Gasteiger partial charge is 0.0619 e. The molecule has 0 N–H and O–H groups in total. The van der Waals surface area contributed by atoms with Gasteiger partial charge in [-0.3, -0.25) is 0 Å². The summed E-state index contributed by atoms with van der Waals surface area (Å²) in [5.41, 5.74) is 18.8. The summed E-state index contributed by atoms with van der Waals surface area (Å²) < 4.78 is 2.50. The molecule has 0 aliphatic carbocycles. The van der Waals surface area contributed by atoms with Crippen molar-refractivity contribution in [2.24, 2.45) is 0 Å². The number of anilines is 3. The third-order valence-corrected chi connectivity index (χ3v) is 16.0. The molecule has 2 heteroatoms. The SMILES string of the molecule is c1ccc(-c2ccc(-c3ccc(N(c4ccc5cc(-c6ccc7c8ccccc8c8ccccc8n8c9ccccc9c9cccc(c7c6)c98)ccc5c4)c4ccccc4-c4ccc(-c5ccccc5)cc4)cc3)cc2)cc1. The molecule has 13 aromatic carbocycles. The van der Waals surface area contributed by atoms with Crippen molar-refractivity contribution in [3.63, 3.8) is 0 Å². The number of benzene rings is 13. The topological polar surface area (TPSA) is 7.65 Å². The maximum absolute atomic E-state index is 2.50. The van der Waals surface area contributed by atoms with Gasteiger partial charge in [0.2, 0.25) is 0 Å². The van der Waals surface area contributed by atoms with Gasteiger partial charge in [-0.15, -0.1) is 0 Å². The fourth-order valence-electron chi connectivity index (χ4n) is 12.2. The van der Waals surface area contributed by atoms with Crippen molar-refractivity contribution in [3.05, 3.63) is 303 Å². The summed E-state index contributed by atoms with van der Waals surface area (Å²) >= 11 is 0. The van der Waals surface area contributed by atoms with Crippen LogP contribution in [0.25, 0.3) is 126 Å². The number of hydrogen-bond acceptors (Lipinski definition) is 1. The number of rotatable bonds is 8. The highest BCUT2D eigenvalue weighted by Gasteiger charge is 2.20. The molecule has 0 bridgehead atoms. The summed E-state index contributed by atoms with van der Waals surface area (Å²) in [5.74, 6) is 0. The third kappa shape index (κ3) is 7.73. The van der Waals surface area contributed by atoms with E-state index in [1.54, 1.807) is 0 Å². The van der Waals surface area contributed by atoms with Gasteiger partial charge in [0.15, 0.2) is 0 Å². The fourth-order valence-corrected chi connectivity index (χ4v) is 12.2. The summed E-state index contributed by atoms with van der Waals surface area (Å²) in [6, 6.07) is 111. The van der Waals surface area contributed by atoms with E-state index in [9.17, 15) is 0 Å². The average molecular weight is 991 g/mol. The van der Waals surface area contributed by atoms with Crippen molar-refractivity contribution >= 4 is 87.5 Å². The van der Waals surface area contributed by atoms with Crippen molar-refractivity contribution in [2.45, 2.75) is 0 Å². The quantitative estimate of drug-likeness (QED) is 0.147. The van der Waals surface area contributed by atoms with Crippen LogP contribution in [0.15, 0.2) is 303 Å². The van der Waals surface area contributed by atoms with E-state index in [1.165, 1.54) is 115 Å². The molecule has 0 saturated heterocycles. The van der Waals surface area contributed by atoms with E-state index < -0.39 is 0 Å². The lowest BCUT2D eigenvalue weighted by atomic mass is 9.95. The van der Waals surface area contributed by atoms with Crippen LogP contribution in [-0.2, 0) is 0 Å². The monoisotopic (exact) mass is 990 g/mol. The van der Waals surface area contributed by atoms with Gasteiger partial charge in [0.25, 0.3) is 0 Å². The average Bonchev–Trinajstić information content (AvgIpc) is 4.11. The van der Waals surface area contributed by atoms with Crippen LogP contribution in [0.1, 0.15) is 0 Å². The zero-order chi connectivity index (χ0) is 51.5. The van der Waals surface area contributed by atoms with Gasteiger partial charge in [0.05, 0.1) is 22.2 Å². The number of fused-ring (bicyclic) bond motifs is 11. The lowest BCUT2D eigenvalue weighted by Gasteiger charge is -2.28. The number of para-hydroxylation sites is 4. The van der Waals surface area contributed by atoms with Gasteiger partial charge >= 0.3 is 0 Å². The van der Waals surface area contributed by atoms with E-state index >= 15 is 0 Å². The first kappa shape index (κ1) is 45.1. The molecule has 0 fully saturated rings. The van der Waals surface area contributed by atoms with Gasteiger partial charge in [-0.2, -0.15) is 0 Å². The maximum atomic E-state index is 2.50. The number of aromatic nitrogens is 1. The number of nitrogens with zero attached hydrogens (tertiary/aromatic N) is 2. The fraction of sp³-hybridized carbons (Fsp3) is 0. The van der Waals surface area contributed by atoms with E-state index in [4.69, 9.17) is 0 Å². The molecule has 2 nitrogen and oxygen atoms in total. The van der Waals surface area contributed by atoms with E-state index in [0.717, 1.165) is 28.2 Å². The predicted octanol–water partition coefficient (Wildman–Crippen LogP) is 21.2. The van der Waals surface area contributed by atoms with Gasteiger partial charge in [-0.05, 0) is 137 Å². The zero-order valence-electron chi connectivity index (χ0n) is 42.8. The first-order chi connectivity index (χ1) is 38.7. The van der Waals surface area contributed by atoms with Crippen LogP contribution in [0.4, 0.5) is 17.1 Å². The Bertz CT molecular complexity index is 4800. The van der Waals surface area contributed by atoms with Crippen molar-refractivity contribution in [1.82, 2.24) is 4.40 Å². The Morgan fingerprint density at radius 3 is 1.26 bits per heavy atom. The molecule has 0 spiro atoms. The second kappa shape index (κ2) is 18.8. The Labute approximate surface area is 453 Å². The van der Waals surface area contributed by atoms with Crippen molar-refractivity contribution in [1.29, 1.82) is 0 Å². The number of hydrogen-bond donors (Lipinski definition) is 0. The van der Waals surface area contributed by atoms with E-state index in [0.29, 0.717) is 0 Å². The Kier molecular flexibility index (Phi) is 10.9. The van der Waals surface area contributed by atoms with Crippen LogP contribution in [0.2, 0.25) is 0 Å². The van der Waals surface area contributed by atoms with Crippen LogP contribution < -0.4 is 4.90 Å². The lowest BCUT2D eigenvalue weighted by molar-refractivity contribution is 1.29. The Hall–Kier alpha value is -10.3. The van der Waals surface area contributed by atoms with Crippen LogP contribution in [0.5, 0.6) is 0 Å². The molecule has 0 atom stereocenters. The molecule has 0 aliphatic heterocycles. The zero-order valence-corrected chi connectivity index (χ0v) is 42.8. The minimum absolute atomic E-state index is 1.08. The summed E-state index contributed by atoms with van der Waals surface area (Å²) in [6.07, 6.45) is 0. The molecule has 2 aromatic heterocycles. The molecular weight excluding hydrogens is 941 g/mol. The highest BCUT2D eigenvalue weighted by Crippen LogP contribution is 2.44. The molecule has 15 aromatic rings. The van der Waals surface area contributed by atoms with Crippen molar-refractivity contribution in [2.75, 3.05) is 4.90 Å². The highest BCUT2D eigenvalue weighted by atomic mass is 15.1. The van der Waals surface area contributed by atoms with Crippen molar-refractivity contribution in [3.8, 4) is 55.6 Å². The van der Waals surface area contributed by atoms with Crippen molar-refractivity contribution < 1.29 is 0 Å². The molecule has 0 unspecified atom stereocenters. The van der Waals surface area contributed by atoms with Crippen LogP contribution >= 0.6 is 0 Å². The second-order valence-electron chi connectivity index (χ2n) is 20.4. The molecule has 0 radical (unpaired) electrons. The first-order valence-corrected chi connectivity index (χ1v) is 26.9. The molecule has 78 heavy (non-hydrogen) atoms. The van der Waals surface area contributed by atoms with Crippen LogP contribution in [-0.4, -0.2) is 4.40 Å². The standard InChI is InChI=1S/C76H50N2/c1-3-16-51(17-4-1)53-30-32-55(33-31-53)56-40-44-62(45-41-56)77(73-27-12-9-20-64(73)57-36-34-54(35-37-57)52-18-5-2-6-19-52)63-46-42-59-48-58(38-39-60(59)49-63)61-43-47-67-65-21-7-8-22-66(65)68-23-10-13-28-74(68)78-75-29-14-11-24-69(75)70-25-15-26-71(76(70)78)72(67)50-61/h1-50H. The third-order valence-electron chi connectivity index (χ3n) is 16.0. The molecule has 15 rings (SSSR count). The normalized spacial score (nSPS) is 11.6. The Morgan fingerprint density at radius 2 is 0.615 bits per heavy atom.